The summed E-state index contributed by atoms with van der Waals surface area (Å²) >= 11 is 3.24. The van der Waals surface area contributed by atoms with Gasteiger partial charge in [0.2, 0.25) is 0 Å². The van der Waals surface area contributed by atoms with E-state index in [4.69, 9.17) is 0 Å². The zero-order valence-corrected chi connectivity index (χ0v) is 13.9. The standard InChI is InChI=1S/C15H13BrF3N3O2/c16-9-5-3-8(4-6-9)11-12(15(17,18)19)21-13(20-11)10-2-1-7-22(10)14(23)24/h3-6,10H,1-2,7H2,(H,20,21)(H,23,24)/t10-/m0/s1. The molecule has 1 aliphatic heterocycles. The molecule has 2 heterocycles. The van der Waals surface area contributed by atoms with Crippen LogP contribution in [0.1, 0.15) is 30.4 Å². The lowest BCUT2D eigenvalue weighted by Gasteiger charge is -2.19. The highest BCUT2D eigenvalue weighted by molar-refractivity contribution is 9.10. The molecule has 1 aromatic heterocycles. The zero-order chi connectivity index (χ0) is 17.5. The maximum atomic E-state index is 13.4. The predicted octanol–water partition coefficient (Wildman–Crippen LogP) is 4.67. The molecule has 0 radical (unpaired) electrons. The molecule has 1 fully saturated rings. The third-order valence-electron chi connectivity index (χ3n) is 3.94. The Morgan fingerprint density at radius 2 is 2.00 bits per heavy atom. The molecule has 24 heavy (non-hydrogen) atoms. The molecule has 9 heteroatoms. The van der Waals surface area contributed by atoms with Gasteiger partial charge in [0, 0.05) is 16.6 Å². The topological polar surface area (TPSA) is 69.2 Å². The Kier molecular flexibility index (Phi) is 4.29. The Morgan fingerprint density at radius 1 is 1.33 bits per heavy atom. The molecular formula is C15H13BrF3N3O2. The van der Waals surface area contributed by atoms with E-state index in [-0.39, 0.29) is 18.1 Å². The smallest absolute Gasteiger partial charge is 0.433 e. The molecule has 1 aliphatic rings. The lowest BCUT2D eigenvalue weighted by molar-refractivity contribution is -0.140. The van der Waals surface area contributed by atoms with Gasteiger partial charge in [-0.15, -0.1) is 0 Å². The van der Waals surface area contributed by atoms with Crippen molar-refractivity contribution in [2.45, 2.75) is 25.1 Å². The minimum Gasteiger partial charge on any atom is -0.465 e. The van der Waals surface area contributed by atoms with Crippen molar-refractivity contribution in [2.24, 2.45) is 0 Å². The van der Waals surface area contributed by atoms with Gasteiger partial charge in [0.1, 0.15) is 17.2 Å². The SMILES string of the molecule is O=C(O)N1CCC[C@H]1c1nc(-c2ccc(Br)cc2)c(C(F)(F)F)[nH]1. The van der Waals surface area contributed by atoms with Crippen molar-refractivity contribution in [3.63, 3.8) is 0 Å². The summed E-state index contributed by atoms with van der Waals surface area (Å²) in [5.74, 6) is 0.0279. The molecule has 3 rings (SSSR count). The van der Waals surface area contributed by atoms with E-state index >= 15 is 0 Å². The first-order valence-electron chi connectivity index (χ1n) is 7.20. The molecular weight excluding hydrogens is 391 g/mol. The Hall–Kier alpha value is -2.03. The second-order valence-corrected chi connectivity index (χ2v) is 6.40. The number of benzene rings is 1. The molecule has 5 nitrogen and oxygen atoms in total. The normalized spacial score (nSPS) is 18.2. The number of aromatic amines is 1. The minimum atomic E-state index is -4.61. The summed E-state index contributed by atoms with van der Waals surface area (Å²) < 4.78 is 40.8. The summed E-state index contributed by atoms with van der Waals surface area (Å²) in [7, 11) is 0. The lowest BCUT2D eigenvalue weighted by Crippen LogP contribution is -2.29. The molecule has 0 saturated carbocycles. The molecule has 0 bridgehead atoms. The first-order valence-corrected chi connectivity index (χ1v) is 7.99. The summed E-state index contributed by atoms with van der Waals surface area (Å²) in [5, 5.41) is 9.19. The molecule has 2 aromatic rings. The number of likely N-dealkylation sites (tertiary alicyclic amines) is 1. The molecule has 0 aliphatic carbocycles. The highest BCUT2D eigenvalue weighted by Crippen LogP contribution is 2.39. The maximum Gasteiger partial charge on any atom is 0.433 e. The summed E-state index contributed by atoms with van der Waals surface area (Å²) in [6.07, 6.45) is -4.74. The molecule has 0 unspecified atom stereocenters. The largest absolute Gasteiger partial charge is 0.465 e. The number of aromatic nitrogens is 2. The first-order chi connectivity index (χ1) is 11.3. The van der Waals surface area contributed by atoms with Gasteiger partial charge >= 0.3 is 12.3 Å². The van der Waals surface area contributed by atoms with Gasteiger partial charge in [-0.1, -0.05) is 28.1 Å². The van der Waals surface area contributed by atoms with Gasteiger partial charge in [-0.2, -0.15) is 13.2 Å². The summed E-state index contributed by atoms with van der Waals surface area (Å²) in [4.78, 5) is 18.8. The third kappa shape index (κ3) is 3.12. The average molecular weight is 404 g/mol. The van der Waals surface area contributed by atoms with Gasteiger partial charge in [0.25, 0.3) is 0 Å². The number of nitrogens with one attached hydrogen (secondary N) is 1. The van der Waals surface area contributed by atoms with Gasteiger partial charge < -0.3 is 10.1 Å². The number of amides is 1. The molecule has 1 atom stereocenters. The van der Waals surface area contributed by atoms with Crippen LogP contribution in [0, 0.1) is 0 Å². The Balaban J connectivity index is 2.07. The van der Waals surface area contributed by atoms with Crippen LogP contribution >= 0.6 is 15.9 Å². The molecule has 1 aromatic carbocycles. The fourth-order valence-corrected chi connectivity index (χ4v) is 3.12. The number of imidazole rings is 1. The molecule has 2 N–H and O–H groups in total. The van der Waals surface area contributed by atoms with Gasteiger partial charge in [-0.3, -0.25) is 4.90 Å². The van der Waals surface area contributed by atoms with Crippen LogP contribution in [-0.2, 0) is 6.18 Å². The number of carbonyl (C=O) groups is 1. The second-order valence-electron chi connectivity index (χ2n) is 5.48. The van der Waals surface area contributed by atoms with E-state index < -0.39 is 24.0 Å². The zero-order valence-electron chi connectivity index (χ0n) is 12.3. The molecule has 1 amide bonds. The molecule has 128 valence electrons. The van der Waals surface area contributed by atoms with E-state index in [0.29, 0.717) is 18.4 Å². The molecule has 0 spiro atoms. The number of hydrogen-bond acceptors (Lipinski definition) is 2. The van der Waals surface area contributed by atoms with E-state index in [2.05, 4.69) is 25.9 Å². The van der Waals surface area contributed by atoms with Crippen LogP contribution in [0.3, 0.4) is 0 Å². The van der Waals surface area contributed by atoms with Crippen molar-refractivity contribution in [1.82, 2.24) is 14.9 Å². The summed E-state index contributed by atoms with van der Waals surface area (Å²) in [6, 6.07) is 5.63. The quantitative estimate of drug-likeness (QED) is 0.764. The van der Waals surface area contributed by atoms with Crippen molar-refractivity contribution in [3.8, 4) is 11.3 Å². The van der Waals surface area contributed by atoms with Crippen LogP contribution in [0.15, 0.2) is 28.7 Å². The van der Waals surface area contributed by atoms with Gasteiger partial charge in [-0.25, -0.2) is 9.78 Å². The Morgan fingerprint density at radius 3 is 2.58 bits per heavy atom. The fraction of sp³-hybridized carbons (Fsp3) is 0.333. The van der Waals surface area contributed by atoms with Crippen LogP contribution in [0.4, 0.5) is 18.0 Å². The van der Waals surface area contributed by atoms with Crippen LogP contribution < -0.4 is 0 Å². The first kappa shape index (κ1) is 16.8. The lowest BCUT2D eigenvalue weighted by atomic mass is 10.1. The van der Waals surface area contributed by atoms with E-state index in [1.807, 2.05) is 0 Å². The Bertz CT molecular complexity index is 758. The Labute approximate surface area is 143 Å². The van der Waals surface area contributed by atoms with E-state index in [1.165, 1.54) is 12.1 Å². The predicted molar refractivity (Wildman–Crippen MR) is 83.4 cm³/mol. The maximum absolute atomic E-state index is 13.4. The number of carboxylic acid groups (broad SMARTS) is 1. The van der Waals surface area contributed by atoms with Crippen LogP contribution in [0.5, 0.6) is 0 Å². The number of rotatable bonds is 2. The van der Waals surface area contributed by atoms with E-state index in [1.54, 1.807) is 12.1 Å². The van der Waals surface area contributed by atoms with Crippen LogP contribution in [0.2, 0.25) is 0 Å². The van der Waals surface area contributed by atoms with Crippen molar-refractivity contribution in [2.75, 3.05) is 6.54 Å². The van der Waals surface area contributed by atoms with Gasteiger partial charge in [-0.05, 0) is 25.0 Å². The average Bonchev–Trinajstić information content (AvgIpc) is 3.14. The van der Waals surface area contributed by atoms with E-state index in [0.717, 1.165) is 9.37 Å². The molecule has 1 saturated heterocycles. The van der Waals surface area contributed by atoms with Crippen LogP contribution in [0.25, 0.3) is 11.3 Å². The fourth-order valence-electron chi connectivity index (χ4n) is 2.85. The van der Waals surface area contributed by atoms with Crippen molar-refractivity contribution < 1.29 is 23.1 Å². The second kappa shape index (κ2) is 6.12. The number of hydrogen-bond donors (Lipinski definition) is 2. The van der Waals surface area contributed by atoms with Crippen molar-refractivity contribution >= 4 is 22.0 Å². The van der Waals surface area contributed by atoms with Gasteiger partial charge in [0.15, 0.2) is 0 Å². The number of nitrogens with zero attached hydrogens (tertiary/aromatic N) is 2. The highest BCUT2D eigenvalue weighted by Gasteiger charge is 2.40. The summed E-state index contributed by atoms with van der Waals surface area (Å²) in [6.45, 7) is 0.287. The minimum absolute atomic E-state index is 0.0279. The van der Waals surface area contributed by atoms with Crippen molar-refractivity contribution in [3.05, 3.63) is 40.3 Å². The monoisotopic (exact) mass is 403 g/mol. The van der Waals surface area contributed by atoms with Gasteiger partial charge in [0.05, 0.1) is 6.04 Å². The summed E-state index contributed by atoms with van der Waals surface area (Å²) in [5.41, 5.74) is -0.868. The third-order valence-corrected chi connectivity index (χ3v) is 4.47. The number of H-pyrrole nitrogens is 1. The van der Waals surface area contributed by atoms with Crippen LogP contribution in [-0.4, -0.2) is 32.6 Å². The van der Waals surface area contributed by atoms with Crippen molar-refractivity contribution in [1.29, 1.82) is 0 Å². The van der Waals surface area contributed by atoms with E-state index in [9.17, 15) is 23.1 Å². The number of alkyl halides is 3. The highest BCUT2D eigenvalue weighted by atomic mass is 79.9. The number of halogens is 4.